The van der Waals surface area contributed by atoms with Gasteiger partial charge < -0.3 is 14.4 Å². The largest absolute Gasteiger partial charge is 0.497 e. The maximum Gasteiger partial charge on any atom is 0.271 e. The van der Waals surface area contributed by atoms with E-state index in [1.54, 1.807) is 18.9 Å². The number of carbonyl (C=O) groups excluding carboxylic acids is 1. The molecule has 2 aromatic rings. The minimum Gasteiger partial charge on any atom is -0.497 e. The van der Waals surface area contributed by atoms with Gasteiger partial charge in [0.15, 0.2) is 5.75 Å². The standard InChI is InChI=1S/C19H23N3O4S/c1-13(19(24)21-8-10-27-11-9-21)22-17(23)12-16(26-3)18(20-22)14-4-6-15(25-2)7-5-14/h4-7,12-13H,8-11H2,1-3H3. The summed E-state index contributed by atoms with van der Waals surface area (Å²) >= 11 is 1.83. The number of amides is 1. The van der Waals surface area contributed by atoms with Gasteiger partial charge in [0.25, 0.3) is 5.56 Å². The highest BCUT2D eigenvalue weighted by molar-refractivity contribution is 7.99. The van der Waals surface area contributed by atoms with Crippen molar-refractivity contribution in [2.75, 3.05) is 38.8 Å². The molecule has 0 spiro atoms. The van der Waals surface area contributed by atoms with Crippen molar-refractivity contribution in [1.82, 2.24) is 14.7 Å². The second kappa shape index (κ2) is 8.47. The third-order valence-corrected chi connectivity index (χ3v) is 5.49. The van der Waals surface area contributed by atoms with Crippen LogP contribution in [0.3, 0.4) is 0 Å². The number of thioether (sulfide) groups is 1. The van der Waals surface area contributed by atoms with E-state index in [0.29, 0.717) is 24.5 Å². The number of rotatable bonds is 5. The number of carbonyl (C=O) groups is 1. The minimum atomic E-state index is -0.677. The number of hydrogen-bond acceptors (Lipinski definition) is 6. The van der Waals surface area contributed by atoms with Crippen molar-refractivity contribution in [3.63, 3.8) is 0 Å². The molecule has 1 aromatic heterocycles. The second-order valence-electron chi connectivity index (χ2n) is 6.19. The molecule has 0 saturated carbocycles. The van der Waals surface area contributed by atoms with Crippen LogP contribution in [0.25, 0.3) is 11.3 Å². The van der Waals surface area contributed by atoms with E-state index in [4.69, 9.17) is 9.47 Å². The van der Waals surface area contributed by atoms with Gasteiger partial charge in [0.1, 0.15) is 17.5 Å². The van der Waals surface area contributed by atoms with E-state index in [9.17, 15) is 9.59 Å². The zero-order valence-electron chi connectivity index (χ0n) is 15.7. The molecule has 1 amide bonds. The fraction of sp³-hybridized carbons (Fsp3) is 0.421. The summed E-state index contributed by atoms with van der Waals surface area (Å²) in [5, 5.41) is 4.47. The predicted molar refractivity (Wildman–Crippen MR) is 106 cm³/mol. The quantitative estimate of drug-likeness (QED) is 0.779. The van der Waals surface area contributed by atoms with Crippen LogP contribution in [0.15, 0.2) is 35.1 Å². The van der Waals surface area contributed by atoms with Crippen LogP contribution in [0.1, 0.15) is 13.0 Å². The smallest absolute Gasteiger partial charge is 0.271 e. The van der Waals surface area contributed by atoms with E-state index in [2.05, 4.69) is 5.10 Å². The summed E-state index contributed by atoms with van der Waals surface area (Å²) < 4.78 is 11.8. The van der Waals surface area contributed by atoms with Crippen molar-refractivity contribution < 1.29 is 14.3 Å². The van der Waals surface area contributed by atoms with Gasteiger partial charge in [-0.3, -0.25) is 9.59 Å². The molecule has 2 heterocycles. The van der Waals surface area contributed by atoms with Crippen LogP contribution in [-0.2, 0) is 4.79 Å². The van der Waals surface area contributed by atoms with Crippen molar-refractivity contribution >= 4 is 17.7 Å². The van der Waals surface area contributed by atoms with Crippen molar-refractivity contribution in [3.05, 3.63) is 40.7 Å². The molecule has 7 nitrogen and oxygen atoms in total. The average Bonchev–Trinajstić information content (AvgIpc) is 2.73. The first-order chi connectivity index (χ1) is 13.0. The molecule has 0 aliphatic carbocycles. The molecule has 0 bridgehead atoms. The maximum atomic E-state index is 12.8. The number of ether oxygens (including phenoxy) is 2. The monoisotopic (exact) mass is 389 g/mol. The third kappa shape index (κ3) is 4.10. The number of nitrogens with zero attached hydrogens (tertiary/aromatic N) is 3. The first-order valence-electron chi connectivity index (χ1n) is 8.74. The molecule has 0 N–H and O–H groups in total. The van der Waals surface area contributed by atoms with E-state index in [1.807, 2.05) is 36.0 Å². The molecule has 0 radical (unpaired) electrons. The zero-order chi connectivity index (χ0) is 19.4. The van der Waals surface area contributed by atoms with Crippen LogP contribution < -0.4 is 15.0 Å². The Kier molecular flexibility index (Phi) is 6.05. The lowest BCUT2D eigenvalue weighted by Gasteiger charge is -2.29. The van der Waals surface area contributed by atoms with Crippen molar-refractivity contribution in [1.29, 1.82) is 0 Å². The van der Waals surface area contributed by atoms with Gasteiger partial charge in [-0.2, -0.15) is 16.9 Å². The van der Waals surface area contributed by atoms with Gasteiger partial charge in [0, 0.05) is 36.2 Å². The molecule has 1 unspecified atom stereocenters. The van der Waals surface area contributed by atoms with Crippen molar-refractivity contribution in [2.45, 2.75) is 13.0 Å². The van der Waals surface area contributed by atoms with Crippen LogP contribution >= 0.6 is 11.8 Å². The number of methoxy groups -OCH3 is 2. The van der Waals surface area contributed by atoms with E-state index in [0.717, 1.165) is 22.8 Å². The fourth-order valence-electron chi connectivity index (χ4n) is 2.99. The number of hydrogen-bond donors (Lipinski definition) is 0. The normalized spacial score (nSPS) is 15.3. The lowest BCUT2D eigenvalue weighted by atomic mass is 10.1. The van der Waals surface area contributed by atoms with Gasteiger partial charge in [-0.05, 0) is 31.2 Å². The summed E-state index contributed by atoms with van der Waals surface area (Å²) in [5.41, 5.74) is 0.917. The Bertz CT molecular complexity index is 860. The van der Waals surface area contributed by atoms with E-state index < -0.39 is 6.04 Å². The fourth-order valence-corrected chi connectivity index (χ4v) is 3.89. The Morgan fingerprint density at radius 3 is 2.41 bits per heavy atom. The summed E-state index contributed by atoms with van der Waals surface area (Å²) in [5.74, 6) is 2.84. The summed E-state index contributed by atoms with van der Waals surface area (Å²) in [6.07, 6.45) is 0. The van der Waals surface area contributed by atoms with Crippen LogP contribution in [0.4, 0.5) is 0 Å². The Balaban J connectivity index is 1.97. The summed E-state index contributed by atoms with van der Waals surface area (Å²) in [7, 11) is 3.09. The van der Waals surface area contributed by atoms with Crippen molar-refractivity contribution in [2.24, 2.45) is 0 Å². The molecular formula is C19H23N3O4S. The average molecular weight is 389 g/mol. The third-order valence-electron chi connectivity index (χ3n) is 4.55. The molecule has 1 aliphatic heterocycles. The zero-order valence-corrected chi connectivity index (χ0v) is 16.5. The molecule has 8 heteroatoms. The Hall–Kier alpha value is -2.48. The number of aromatic nitrogens is 2. The van der Waals surface area contributed by atoms with Gasteiger partial charge in [0.2, 0.25) is 5.91 Å². The Morgan fingerprint density at radius 1 is 1.15 bits per heavy atom. The predicted octanol–water partition coefficient (Wildman–Crippen LogP) is 2.06. The SMILES string of the molecule is COc1ccc(-c2nn(C(C)C(=O)N3CCSCC3)c(=O)cc2OC)cc1. The topological polar surface area (TPSA) is 73.7 Å². The lowest BCUT2D eigenvalue weighted by molar-refractivity contribution is -0.134. The minimum absolute atomic E-state index is 0.0873. The first-order valence-corrected chi connectivity index (χ1v) is 9.89. The van der Waals surface area contributed by atoms with Gasteiger partial charge in [0.05, 0.1) is 14.2 Å². The molecule has 144 valence electrons. The molecular weight excluding hydrogens is 366 g/mol. The van der Waals surface area contributed by atoms with Gasteiger partial charge in [-0.15, -0.1) is 0 Å². The van der Waals surface area contributed by atoms with E-state index >= 15 is 0 Å². The Labute approximate surface area is 162 Å². The highest BCUT2D eigenvalue weighted by Gasteiger charge is 2.26. The van der Waals surface area contributed by atoms with Gasteiger partial charge in [-0.1, -0.05) is 0 Å². The van der Waals surface area contributed by atoms with Crippen LogP contribution in [-0.4, -0.2) is 59.4 Å². The molecule has 1 fully saturated rings. The van der Waals surface area contributed by atoms with Crippen molar-refractivity contribution in [3.8, 4) is 22.8 Å². The second-order valence-corrected chi connectivity index (χ2v) is 7.41. The Morgan fingerprint density at radius 2 is 1.81 bits per heavy atom. The van der Waals surface area contributed by atoms with E-state index in [-0.39, 0.29) is 11.5 Å². The molecule has 1 aromatic carbocycles. The number of benzene rings is 1. The highest BCUT2D eigenvalue weighted by atomic mass is 32.2. The maximum absolute atomic E-state index is 12.8. The molecule has 1 atom stereocenters. The molecule has 1 aliphatic rings. The first kappa shape index (κ1) is 19.3. The van der Waals surface area contributed by atoms with Gasteiger partial charge in [-0.25, -0.2) is 4.68 Å². The van der Waals surface area contributed by atoms with Crippen LogP contribution in [0.2, 0.25) is 0 Å². The van der Waals surface area contributed by atoms with Gasteiger partial charge >= 0.3 is 0 Å². The lowest BCUT2D eigenvalue weighted by Crippen LogP contribution is -2.43. The molecule has 27 heavy (non-hydrogen) atoms. The summed E-state index contributed by atoms with van der Waals surface area (Å²) in [4.78, 5) is 27.1. The summed E-state index contributed by atoms with van der Waals surface area (Å²) in [6.45, 7) is 3.11. The molecule has 1 saturated heterocycles. The highest BCUT2D eigenvalue weighted by Crippen LogP contribution is 2.28. The van der Waals surface area contributed by atoms with Crippen LogP contribution in [0, 0.1) is 0 Å². The summed E-state index contributed by atoms with van der Waals surface area (Å²) in [6, 6.07) is 8.00. The molecule has 3 rings (SSSR count). The van der Waals surface area contributed by atoms with Crippen LogP contribution in [0.5, 0.6) is 11.5 Å². The van der Waals surface area contributed by atoms with E-state index in [1.165, 1.54) is 17.9 Å².